The molecule has 0 saturated carbocycles. The van der Waals surface area contributed by atoms with E-state index >= 15 is 0 Å². The number of aliphatic carboxylic acids is 2. The predicted molar refractivity (Wildman–Crippen MR) is 117 cm³/mol. The number of carbonyl (C=O) groups is 3. The van der Waals surface area contributed by atoms with Gasteiger partial charge in [-0.15, -0.1) is 0 Å². The summed E-state index contributed by atoms with van der Waals surface area (Å²) >= 11 is 0. The maximum Gasteiger partial charge on any atom is 0.414 e. The summed E-state index contributed by atoms with van der Waals surface area (Å²) in [7, 11) is 0. The fourth-order valence-corrected chi connectivity index (χ4v) is 4.45. The van der Waals surface area contributed by atoms with Gasteiger partial charge in [-0.05, 0) is 43.9 Å². The van der Waals surface area contributed by atoms with Crippen LogP contribution < -0.4 is 0 Å². The molecule has 0 bridgehead atoms. The third-order valence-corrected chi connectivity index (χ3v) is 6.02. The molecule has 168 valence electrons. The second kappa shape index (κ2) is 10.9. The fraction of sp³-hybridized carbons (Fsp3) is 0.522. The third-order valence-electron chi connectivity index (χ3n) is 6.02. The van der Waals surface area contributed by atoms with Crippen LogP contribution in [0.5, 0.6) is 0 Å². The van der Waals surface area contributed by atoms with Crippen LogP contribution in [0.2, 0.25) is 0 Å². The maximum absolute atomic E-state index is 13.0. The van der Waals surface area contributed by atoms with E-state index in [1.54, 1.807) is 0 Å². The van der Waals surface area contributed by atoms with Gasteiger partial charge in [-0.25, -0.2) is 9.59 Å². The number of hydrogen-bond acceptors (Lipinski definition) is 4. The van der Waals surface area contributed by atoms with E-state index in [9.17, 15) is 4.79 Å². The van der Waals surface area contributed by atoms with E-state index in [2.05, 4.69) is 45.2 Å². The number of rotatable bonds is 3. The van der Waals surface area contributed by atoms with Crippen molar-refractivity contribution in [2.24, 2.45) is 5.92 Å². The Bertz CT molecular complexity index is 890. The lowest BCUT2D eigenvalue weighted by Gasteiger charge is -2.34. The molecular formula is C23H31N3O5. The Morgan fingerprint density at radius 2 is 1.61 bits per heavy atom. The molecule has 8 nitrogen and oxygen atoms in total. The monoisotopic (exact) mass is 429 g/mol. The van der Waals surface area contributed by atoms with E-state index in [1.807, 2.05) is 0 Å². The first-order chi connectivity index (χ1) is 15.0. The molecule has 2 fully saturated rings. The smallest absolute Gasteiger partial charge is 0.414 e. The molecule has 0 spiro atoms. The minimum absolute atomic E-state index is 0.192. The zero-order valence-electron chi connectivity index (χ0n) is 17.8. The molecule has 1 unspecified atom stereocenters. The minimum atomic E-state index is -1.82. The summed E-state index contributed by atoms with van der Waals surface area (Å²) in [5, 5.41) is 16.1. The molecule has 2 aromatic rings. The van der Waals surface area contributed by atoms with Crippen molar-refractivity contribution in [3.05, 3.63) is 36.0 Å². The summed E-state index contributed by atoms with van der Waals surface area (Å²) in [6.45, 7) is 4.89. The van der Waals surface area contributed by atoms with Gasteiger partial charge in [-0.3, -0.25) is 9.69 Å². The number of nitrogens with one attached hydrogen (secondary N) is 1. The summed E-state index contributed by atoms with van der Waals surface area (Å²) in [6, 6.07) is 8.48. The molecule has 0 radical (unpaired) electrons. The lowest BCUT2D eigenvalue weighted by atomic mass is 9.96. The van der Waals surface area contributed by atoms with Crippen LogP contribution in [0.15, 0.2) is 30.5 Å². The van der Waals surface area contributed by atoms with Gasteiger partial charge < -0.3 is 20.1 Å². The number of aromatic amines is 1. The second-order valence-electron chi connectivity index (χ2n) is 8.28. The zero-order valence-corrected chi connectivity index (χ0v) is 17.8. The van der Waals surface area contributed by atoms with Gasteiger partial charge in [0, 0.05) is 43.3 Å². The number of benzene rings is 1. The van der Waals surface area contributed by atoms with E-state index in [1.165, 1.54) is 42.1 Å². The molecule has 4 rings (SSSR count). The van der Waals surface area contributed by atoms with Crippen LogP contribution in [0.4, 0.5) is 0 Å². The molecule has 0 aliphatic carbocycles. The van der Waals surface area contributed by atoms with Crippen molar-refractivity contribution >= 4 is 28.7 Å². The number of hydrogen-bond donors (Lipinski definition) is 3. The molecule has 1 amide bonds. The molecule has 1 aromatic carbocycles. The number of H-pyrrole nitrogens is 1. The fourth-order valence-electron chi connectivity index (χ4n) is 4.45. The van der Waals surface area contributed by atoms with Gasteiger partial charge in [0.15, 0.2) is 0 Å². The highest BCUT2D eigenvalue weighted by Crippen LogP contribution is 2.25. The number of piperidine rings is 1. The maximum atomic E-state index is 13.0. The summed E-state index contributed by atoms with van der Waals surface area (Å²) in [6.07, 6.45) is 9.23. The highest BCUT2D eigenvalue weighted by Gasteiger charge is 2.29. The van der Waals surface area contributed by atoms with Crippen molar-refractivity contribution in [2.75, 3.05) is 26.2 Å². The highest BCUT2D eigenvalue weighted by atomic mass is 16.4. The number of fused-ring (bicyclic) bond motifs is 1. The lowest BCUT2D eigenvalue weighted by molar-refractivity contribution is -0.159. The van der Waals surface area contributed by atoms with Crippen molar-refractivity contribution in [2.45, 2.75) is 45.1 Å². The Morgan fingerprint density at radius 3 is 2.29 bits per heavy atom. The molecule has 31 heavy (non-hydrogen) atoms. The lowest BCUT2D eigenvalue weighted by Crippen LogP contribution is -2.44. The average Bonchev–Trinajstić information content (AvgIpc) is 2.98. The summed E-state index contributed by atoms with van der Waals surface area (Å²) in [5.41, 5.74) is 2.55. The van der Waals surface area contributed by atoms with Crippen molar-refractivity contribution in [3.8, 4) is 0 Å². The number of carboxylic acid groups (broad SMARTS) is 2. The Balaban J connectivity index is 0.000000401. The molecule has 1 atom stereocenters. The Labute approximate surface area is 181 Å². The molecule has 2 aliphatic rings. The van der Waals surface area contributed by atoms with Gasteiger partial charge in [-0.2, -0.15) is 0 Å². The van der Waals surface area contributed by atoms with Crippen molar-refractivity contribution in [1.82, 2.24) is 14.8 Å². The van der Waals surface area contributed by atoms with Gasteiger partial charge in [0.1, 0.15) is 0 Å². The first-order valence-corrected chi connectivity index (χ1v) is 11.0. The number of likely N-dealkylation sites (tertiary alicyclic amines) is 2. The predicted octanol–water partition coefficient (Wildman–Crippen LogP) is 2.94. The largest absolute Gasteiger partial charge is 0.473 e. The third kappa shape index (κ3) is 6.30. The van der Waals surface area contributed by atoms with Crippen LogP contribution in [0, 0.1) is 5.92 Å². The SMILES string of the molecule is O=C(C1CCCN(Cc2c[nH]c3ccccc23)C1)N1CCCCCC1.O=C(O)C(=O)O. The van der Waals surface area contributed by atoms with E-state index in [0.717, 1.165) is 45.6 Å². The van der Waals surface area contributed by atoms with Gasteiger partial charge in [0.2, 0.25) is 5.91 Å². The quantitative estimate of drug-likeness (QED) is 0.647. The second-order valence-corrected chi connectivity index (χ2v) is 8.28. The van der Waals surface area contributed by atoms with Crippen LogP contribution in [0.3, 0.4) is 0 Å². The topological polar surface area (TPSA) is 114 Å². The van der Waals surface area contributed by atoms with E-state index in [0.29, 0.717) is 5.91 Å². The first kappa shape index (κ1) is 22.8. The van der Waals surface area contributed by atoms with Gasteiger partial charge in [0.25, 0.3) is 0 Å². The van der Waals surface area contributed by atoms with Crippen molar-refractivity contribution in [3.63, 3.8) is 0 Å². The van der Waals surface area contributed by atoms with Crippen LogP contribution in [-0.2, 0) is 20.9 Å². The normalized spacial score (nSPS) is 19.9. The number of aromatic nitrogens is 1. The van der Waals surface area contributed by atoms with Crippen LogP contribution >= 0.6 is 0 Å². The molecular weight excluding hydrogens is 398 g/mol. The number of nitrogens with zero attached hydrogens (tertiary/aromatic N) is 2. The zero-order chi connectivity index (χ0) is 22.2. The Morgan fingerprint density at radius 1 is 0.935 bits per heavy atom. The minimum Gasteiger partial charge on any atom is -0.473 e. The molecule has 2 aliphatic heterocycles. The highest BCUT2D eigenvalue weighted by molar-refractivity contribution is 6.27. The Kier molecular flexibility index (Phi) is 8.06. The van der Waals surface area contributed by atoms with Crippen molar-refractivity contribution < 1.29 is 24.6 Å². The van der Waals surface area contributed by atoms with Gasteiger partial charge in [0.05, 0.1) is 5.92 Å². The van der Waals surface area contributed by atoms with E-state index in [-0.39, 0.29) is 5.92 Å². The molecule has 1 aromatic heterocycles. The van der Waals surface area contributed by atoms with Crippen LogP contribution in [0.1, 0.15) is 44.1 Å². The molecule has 3 N–H and O–H groups in total. The summed E-state index contributed by atoms with van der Waals surface area (Å²) in [4.78, 5) is 39.1. The number of para-hydroxylation sites is 1. The molecule has 2 saturated heterocycles. The molecule has 8 heteroatoms. The average molecular weight is 430 g/mol. The van der Waals surface area contributed by atoms with Crippen LogP contribution in [0.25, 0.3) is 10.9 Å². The Hall–Kier alpha value is -2.87. The van der Waals surface area contributed by atoms with Gasteiger partial charge >= 0.3 is 11.9 Å². The van der Waals surface area contributed by atoms with E-state index in [4.69, 9.17) is 19.8 Å². The van der Waals surface area contributed by atoms with Crippen LogP contribution in [-0.4, -0.2) is 69.0 Å². The number of amides is 1. The standard InChI is InChI=1S/C21H29N3O.C2H2O4/c25-21(24-12-5-1-2-6-13-24)17-8-7-11-23(15-17)16-18-14-22-20-10-4-3-9-19(18)20;3-1(4)2(5)6/h3-4,9-10,14,17,22H,1-2,5-8,11-13,15-16H2;(H,3,4)(H,5,6). The van der Waals surface area contributed by atoms with E-state index < -0.39 is 11.9 Å². The number of carboxylic acids is 2. The first-order valence-electron chi connectivity index (χ1n) is 11.0. The van der Waals surface area contributed by atoms with Crippen molar-refractivity contribution in [1.29, 1.82) is 0 Å². The number of carbonyl (C=O) groups excluding carboxylic acids is 1. The summed E-state index contributed by atoms with van der Waals surface area (Å²) in [5.74, 6) is -3.05. The van der Waals surface area contributed by atoms with Gasteiger partial charge in [-0.1, -0.05) is 31.0 Å². The summed E-state index contributed by atoms with van der Waals surface area (Å²) < 4.78 is 0. The molecule has 3 heterocycles.